The van der Waals surface area contributed by atoms with Gasteiger partial charge < -0.3 is 10.3 Å². The van der Waals surface area contributed by atoms with Crippen LogP contribution < -0.4 is 5.73 Å². The maximum Gasteiger partial charge on any atom is 0.203 e. The number of nitrogens with two attached hydrogens (primary N) is 1. The van der Waals surface area contributed by atoms with E-state index >= 15 is 0 Å². The zero-order valence-electron chi connectivity index (χ0n) is 8.71. The van der Waals surface area contributed by atoms with Gasteiger partial charge in [-0.05, 0) is 6.92 Å². The number of aryl methyl sites for hydroxylation is 1. The minimum Gasteiger partial charge on any atom is -0.374 e. The molecule has 0 fully saturated rings. The summed E-state index contributed by atoms with van der Waals surface area (Å²) in [4.78, 5) is 4.17. The Balaban J connectivity index is 2.10. The van der Waals surface area contributed by atoms with Gasteiger partial charge in [0.2, 0.25) is 5.13 Å². The molecule has 2 aromatic rings. The molecule has 0 aliphatic heterocycles. The summed E-state index contributed by atoms with van der Waals surface area (Å²) in [6.45, 7) is 4.96. The molecule has 2 rings (SSSR count). The second kappa shape index (κ2) is 3.98. The van der Waals surface area contributed by atoms with Gasteiger partial charge in [0.25, 0.3) is 0 Å². The molecule has 6 heteroatoms. The van der Waals surface area contributed by atoms with Crippen LogP contribution in [0.4, 0.5) is 5.13 Å². The molecule has 5 nitrogen and oxygen atoms in total. The second-order valence-electron chi connectivity index (χ2n) is 3.51. The van der Waals surface area contributed by atoms with Crippen molar-refractivity contribution in [1.82, 2.24) is 19.7 Å². The molecular formula is C9H13N5S. The average Bonchev–Trinajstić information content (AvgIpc) is 2.77. The van der Waals surface area contributed by atoms with Gasteiger partial charge in [0.1, 0.15) is 10.8 Å². The van der Waals surface area contributed by atoms with Crippen LogP contribution in [-0.2, 0) is 6.54 Å². The Morgan fingerprint density at radius 1 is 1.53 bits per heavy atom. The Bertz CT molecular complexity index is 447. The molecule has 15 heavy (non-hydrogen) atoms. The topological polar surface area (TPSA) is 69.6 Å². The molecule has 0 aliphatic rings. The Hall–Kier alpha value is -1.43. The normalized spacial score (nSPS) is 12.9. The Morgan fingerprint density at radius 2 is 2.33 bits per heavy atom. The predicted molar refractivity (Wildman–Crippen MR) is 59.7 cm³/mol. The van der Waals surface area contributed by atoms with Crippen LogP contribution in [0, 0.1) is 6.92 Å². The van der Waals surface area contributed by atoms with E-state index in [9.17, 15) is 0 Å². The van der Waals surface area contributed by atoms with Crippen molar-refractivity contribution in [2.24, 2.45) is 0 Å². The Kier molecular flexibility index (Phi) is 2.68. The average molecular weight is 223 g/mol. The molecule has 0 spiro atoms. The molecular weight excluding hydrogens is 210 g/mol. The molecule has 0 amide bonds. The zero-order valence-corrected chi connectivity index (χ0v) is 9.53. The molecule has 2 N–H and O–H groups in total. The minimum absolute atomic E-state index is 0.313. The maximum absolute atomic E-state index is 5.55. The van der Waals surface area contributed by atoms with Crippen molar-refractivity contribution in [3.05, 3.63) is 23.2 Å². The minimum atomic E-state index is 0.313. The fourth-order valence-electron chi connectivity index (χ4n) is 1.42. The monoisotopic (exact) mass is 223 g/mol. The van der Waals surface area contributed by atoms with Crippen molar-refractivity contribution in [2.45, 2.75) is 26.3 Å². The maximum atomic E-state index is 5.55. The summed E-state index contributed by atoms with van der Waals surface area (Å²) in [7, 11) is 0. The molecule has 0 bridgehead atoms. The first-order valence-corrected chi connectivity index (χ1v) is 5.55. The highest BCUT2D eigenvalue weighted by Gasteiger charge is 2.12. The van der Waals surface area contributed by atoms with E-state index in [0.29, 0.717) is 11.0 Å². The third-order valence-electron chi connectivity index (χ3n) is 2.27. The van der Waals surface area contributed by atoms with Crippen LogP contribution in [0.5, 0.6) is 0 Å². The van der Waals surface area contributed by atoms with E-state index in [4.69, 9.17) is 5.73 Å². The van der Waals surface area contributed by atoms with Crippen LogP contribution in [0.1, 0.15) is 23.7 Å². The summed E-state index contributed by atoms with van der Waals surface area (Å²) in [5, 5.41) is 9.35. The van der Waals surface area contributed by atoms with E-state index in [1.54, 1.807) is 6.20 Å². The van der Waals surface area contributed by atoms with Crippen LogP contribution in [-0.4, -0.2) is 19.7 Å². The van der Waals surface area contributed by atoms with Crippen LogP contribution in [0.3, 0.4) is 0 Å². The van der Waals surface area contributed by atoms with Gasteiger partial charge in [0, 0.05) is 24.9 Å². The fraction of sp³-hybridized carbons (Fsp3) is 0.444. The Morgan fingerprint density at radius 3 is 2.87 bits per heavy atom. The summed E-state index contributed by atoms with van der Waals surface area (Å²) >= 11 is 1.45. The smallest absolute Gasteiger partial charge is 0.203 e. The zero-order chi connectivity index (χ0) is 10.8. The quantitative estimate of drug-likeness (QED) is 0.854. The number of hydrogen-bond donors (Lipinski definition) is 1. The SMILES string of the molecule is Cc1nccn1CC(C)c1nnc(N)s1. The van der Waals surface area contributed by atoms with Gasteiger partial charge in [-0.25, -0.2) is 4.98 Å². The number of nitrogens with zero attached hydrogens (tertiary/aromatic N) is 4. The number of hydrogen-bond acceptors (Lipinski definition) is 5. The van der Waals surface area contributed by atoms with Crippen LogP contribution in [0.15, 0.2) is 12.4 Å². The fourth-order valence-corrected chi connectivity index (χ4v) is 2.07. The van der Waals surface area contributed by atoms with Crippen LogP contribution in [0.25, 0.3) is 0 Å². The third-order valence-corrected chi connectivity index (χ3v) is 3.26. The molecule has 80 valence electrons. The third kappa shape index (κ3) is 2.15. The van der Waals surface area contributed by atoms with Crippen molar-refractivity contribution in [1.29, 1.82) is 0 Å². The van der Waals surface area contributed by atoms with Crippen molar-refractivity contribution in [3.8, 4) is 0 Å². The van der Waals surface area contributed by atoms with E-state index in [2.05, 4.69) is 26.7 Å². The molecule has 0 saturated heterocycles. The molecule has 0 aromatic carbocycles. The summed E-state index contributed by atoms with van der Waals surface area (Å²) in [6, 6.07) is 0. The van der Waals surface area contributed by atoms with Gasteiger partial charge in [0.05, 0.1) is 0 Å². The van der Waals surface area contributed by atoms with Gasteiger partial charge in [0.15, 0.2) is 0 Å². The predicted octanol–water partition coefficient (Wildman–Crippen LogP) is 1.43. The largest absolute Gasteiger partial charge is 0.374 e. The van der Waals surface area contributed by atoms with Gasteiger partial charge in [-0.3, -0.25) is 0 Å². The second-order valence-corrected chi connectivity index (χ2v) is 4.55. The molecule has 1 atom stereocenters. The molecule has 0 saturated carbocycles. The highest BCUT2D eigenvalue weighted by Crippen LogP contribution is 2.22. The molecule has 0 radical (unpaired) electrons. The molecule has 2 aromatic heterocycles. The first kappa shape index (κ1) is 10.1. The van der Waals surface area contributed by atoms with E-state index < -0.39 is 0 Å². The van der Waals surface area contributed by atoms with E-state index in [0.717, 1.165) is 17.4 Å². The standard InChI is InChI=1S/C9H13N5S/c1-6(8-12-13-9(10)15-8)5-14-4-3-11-7(14)2/h3-4,6H,5H2,1-2H3,(H2,10,13). The lowest BCUT2D eigenvalue weighted by Crippen LogP contribution is -2.06. The first-order chi connectivity index (χ1) is 7.16. The number of imidazole rings is 1. The lowest BCUT2D eigenvalue weighted by Gasteiger charge is -2.09. The number of rotatable bonds is 3. The van der Waals surface area contributed by atoms with Gasteiger partial charge in [-0.2, -0.15) is 0 Å². The number of aromatic nitrogens is 4. The summed E-state index contributed by atoms with van der Waals surface area (Å²) < 4.78 is 2.10. The first-order valence-electron chi connectivity index (χ1n) is 4.73. The molecule has 1 unspecified atom stereocenters. The van der Waals surface area contributed by atoms with Crippen LogP contribution in [0.2, 0.25) is 0 Å². The van der Waals surface area contributed by atoms with Crippen molar-refractivity contribution >= 4 is 16.5 Å². The highest BCUT2D eigenvalue weighted by molar-refractivity contribution is 7.15. The lowest BCUT2D eigenvalue weighted by molar-refractivity contribution is 0.578. The summed E-state index contributed by atoms with van der Waals surface area (Å²) in [5.74, 6) is 1.33. The highest BCUT2D eigenvalue weighted by atomic mass is 32.1. The van der Waals surface area contributed by atoms with E-state index in [1.807, 2.05) is 13.1 Å². The van der Waals surface area contributed by atoms with Gasteiger partial charge >= 0.3 is 0 Å². The summed E-state index contributed by atoms with van der Waals surface area (Å²) in [5.41, 5.74) is 5.55. The van der Waals surface area contributed by atoms with Crippen molar-refractivity contribution in [3.63, 3.8) is 0 Å². The molecule has 0 aliphatic carbocycles. The lowest BCUT2D eigenvalue weighted by atomic mass is 10.2. The molecule has 2 heterocycles. The van der Waals surface area contributed by atoms with Crippen molar-refractivity contribution in [2.75, 3.05) is 5.73 Å². The van der Waals surface area contributed by atoms with Gasteiger partial charge in [-0.15, -0.1) is 10.2 Å². The van der Waals surface area contributed by atoms with Crippen molar-refractivity contribution < 1.29 is 0 Å². The Labute approximate surface area is 92.0 Å². The van der Waals surface area contributed by atoms with Gasteiger partial charge in [-0.1, -0.05) is 18.3 Å². The van der Waals surface area contributed by atoms with E-state index in [1.165, 1.54) is 11.3 Å². The number of anilines is 1. The van der Waals surface area contributed by atoms with E-state index in [-0.39, 0.29) is 0 Å². The number of nitrogen functional groups attached to an aromatic ring is 1. The summed E-state index contributed by atoms with van der Waals surface area (Å²) in [6.07, 6.45) is 3.77. The van der Waals surface area contributed by atoms with Crippen LogP contribution >= 0.6 is 11.3 Å².